The highest BCUT2D eigenvalue weighted by Crippen LogP contribution is 2.34. The SMILES string of the molecule is CCSc1ccccc1C(=O)N1CCCC1c1nc(C)no1. The summed E-state index contributed by atoms with van der Waals surface area (Å²) in [4.78, 5) is 20.1. The summed E-state index contributed by atoms with van der Waals surface area (Å²) < 4.78 is 5.28. The van der Waals surface area contributed by atoms with Crippen LogP contribution in [0.25, 0.3) is 0 Å². The molecule has 116 valence electrons. The number of nitrogens with zero attached hydrogens (tertiary/aromatic N) is 3. The fourth-order valence-electron chi connectivity index (χ4n) is 2.79. The summed E-state index contributed by atoms with van der Waals surface area (Å²) in [5.41, 5.74) is 0.762. The van der Waals surface area contributed by atoms with Gasteiger partial charge in [0.15, 0.2) is 5.82 Å². The van der Waals surface area contributed by atoms with Crippen molar-refractivity contribution in [2.75, 3.05) is 12.3 Å². The van der Waals surface area contributed by atoms with Crippen LogP contribution in [0.1, 0.15) is 47.9 Å². The number of likely N-dealkylation sites (tertiary alicyclic amines) is 1. The lowest BCUT2D eigenvalue weighted by Gasteiger charge is -2.23. The van der Waals surface area contributed by atoms with Gasteiger partial charge >= 0.3 is 0 Å². The highest BCUT2D eigenvalue weighted by molar-refractivity contribution is 7.99. The van der Waals surface area contributed by atoms with E-state index < -0.39 is 0 Å². The number of hydrogen-bond donors (Lipinski definition) is 0. The molecule has 1 amide bonds. The standard InChI is InChI=1S/C16H19N3O2S/c1-3-22-14-9-5-4-7-12(14)16(20)19-10-6-8-13(19)15-17-11(2)18-21-15/h4-5,7,9,13H,3,6,8,10H2,1-2H3. The Labute approximate surface area is 134 Å². The van der Waals surface area contributed by atoms with Crippen LogP contribution in [0.2, 0.25) is 0 Å². The number of carbonyl (C=O) groups is 1. The molecule has 2 aromatic rings. The maximum Gasteiger partial charge on any atom is 0.255 e. The van der Waals surface area contributed by atoms with Gasteiger partial charge in [-0.15, -0.1) is 11.8 Å². The summed E-state index contributed by atoms with van der Waals surface area (Å²) >= 11 is 1.69. The highest BCUT2D eigenvalue weighted by atomic mass is 32.2. The zero-order valence-corrected chi connectivity index (χ0v) is 13.6. The summed E-state index contributed by atoms with van der Waals surface area (Å²) in [5.74, 6) is 2.14. The van der Waals surface area contributed by atoms with E-state index in [0.717, 1.165) is 35.6 Å². The number of benzene rings is 1. The van der Waals surface area contributed by atoms with Gasteiger partial charge in [0.25, 0.3) is 5.91 Å². The zero-order chi connectivity index (χ0) is 15.5. The minimum absolute atomic E-state index is 0.0508. The van der Waals surface area contributed by atoms with Crippen molar-refractivity contribution in [3.8, 4) is 0 Å². The Kier molecular flexibility index (Phi) is 4.47. The van der Waals surface area contributed by atoms with Crippen LogP contribution in [0, 0.1) is 6.92 Å². The van der Waals surface area contributed by atoms with Crippen LogP contribution >= 0.6 is 11.8 Å². The zero-order valence-electron chi connectivity index (χ0n) is 12.8. The summed E-state index contributed by atoms with van der Waals surface area (Å²) in [6.07, 6.45) is 1.83. The molecule has 1 aromatic heterocycles. The van der Waals surface area contributed by atoms with Crippen molar-refractivity contribution in [3.05, 3.63) is 41.5 Å². The van der Waals surface area contributed by atoms with E-state index in [1.165, 1.54) is 0 Å². The van der Waals surface area contributed by atoms with Crippen molar-refractivity contribution in [2.24, 2.45) is 0 Å². The molecule has 2 heterocycles. The summed E-state index contributed by atoms with van der Waals surface area (Å²) in [5, 5.41) is 3.85. The third kappa shape index (κ3) is 2.88. The lowest BCUT2D eigenvalue weighted by Crippen LogP contribution is -2.31. The maximum atomic E-state index is 13.0. The highest BCUT2D eigenvalue weighted by Gasteiger charge is 2.34. The Morgan fingerprint density at radius 1 is 1.45 bits per heavy atom. The number of aryl methyl sites for hydroxylation is 1. The van der Waals surface area contributed by atoms with Crippen LogP contribution in [-0.4, -0.2) is 33.2 Å². The molecule has 1 unspecified atom stereocenters. The molecule has 3 rings (SSSR count). The molecular weight excluding hydrogens is 298 g/mol. The van der Waals surface area contributed by atoms with Gasteiger partial charge in [-0.05, 0) is 37.7 Å². The van der Waals surface area contributed by atoms with Gasteiger partial charge in [0.05, 0.1) is 5.56 Å². The van der Waals surface area contributed by atoms with Gasteiger partial charge in [-0.25, -0.2) is 0 Å². The second kappa shape index (κ2) is 6.52. The van der Waals surface area contributed by atoms with E-state index in [4.69, 9.17) is 4.52 Å². The van der Waals surface area contributed by atoms with Crippen LogP contribution in [0.5, 0.6) is 0 Å². The molecule has 1 aliphatic heterocycles. The van der Waals surface area contributed by atoms with E-state index in [2.05, 4.69) is 17.1 Å². The van der Waals surface area contributed by atoms with E-state index in [-0.39, 0.29) is 11.9 Å². The molecule has 0 aliphatic carbocycles. The number of carbonyl (C=O) groups excluding carboxylic acids is 1. The molecule has 0 N–H and O–H groups in total. The van der Waals surface area contributed by atoms with Crippen molar-refractivity contribution in [2.45, 2.75) is 37.6 Å². The van der Waals surface area contributed by atoms with Crippen LogP contribution in [0.15, 0.2) is 33.7 Å². The van der Waals surface area contributed by atoms with Gasteiger partial charge in [0.1, 0.15) is 6.04 Å². The molecule has 1 aromatic carbocycles. The number of amides is 1. The third-order valence-corrected chi connectivity index (χ3v) is 4.71. The number of rotatable bonds is 4. The first-order chi connectivity index (χ1) is 10.7. The van der Waals surface area contributed by atoms with E-state index in [1.54, 1.807) is 18.7 Å². The van der Waals surface area contributed by atoms with E-state index in [0.29, 0.717) is 11.7 Å². The normalized spacial score (nSPS) is 17.9. The Morgan fingerprint density at radius 3 is 3.00 bits per heavy atom. The second-order valence-electron chi connectivity index (χ2n) is 5.27. The Balaban J connectivity index is 1.88. The Hall–Kier alpha value is -1.82. The van der Waals surface area contributed by atoms with Crippen molar-refractivity contribution in [3.63, 3.8) is 0 Å². The molecular formula is C16H19N3O2S. The van der Waals surface area contributed by atoms with E-state index in [9.17, 15) is 4.79 Å². The second-order valence-corrected chi connectivity index (χ2v) is 6.57. The quantitative estimate of drug-likeness (QED) is 0.808. The lowest BCUT2D eigenvalue weighted by atomic mass is 10.1. The van der Waals surface area contributed by atoms with Crippen molar-refractivity contribution >= 4 is 17.7 Å². The van der Waals surface area contributed by atoms with E-state index >= 15 is 0 Å². The Morgan fingerprint density at radius 2 is 2.27 bits per heavy atom. The van der Waals surface area contributed by atoms with Gasteiger partial charge in [-0.3, -0.25) is 4.79 Å². The average molecular weight is 317 g/mol. The molecule has 0 bridgehead atoms. The fourth-order valence-corrected chi connectivity index (χ4v) is 3.59. The summed E-state index contributed by atoms with van der Waals surface area (Å²) in [6.45, 7) is 4.61. The van der Waals surface area contributed by atoms with Gasteiger partial charge < -0.3 is 9.42 Å². The summed E-state index contributed by atoms with van der Waals surface area (Å²) in [6, 6.07) is 7.68. The first-order valence-corrected chi connectivity index (χ1v) is 8.52. The number of thioether (sulfide) groups is 1. The van der Waals surface area contributed by atoms with Gasteiger partial charge in [-0.2, -0.15) is 4.98 Å². The third-order valence-electron chi connectivity index (χ3n) is 3.76. The van der Waals surface area contributed by atoms with Gasteiger partial charge in [0.2, 0.25) is 5.89 Å². The molecule has 1 atom stereocenters. The van der Waals surface area contributed by atoms with Crippen molar-refractivity contribution < 1.29 is 9.32 Å². The molecule has 0 spiro atoms. The molecule has 0 radical (unpaired) electrons. The van der Waals surface area contributed by atoms with E-state index in [1.807, 2.05) is 29.2 Å². The Bertz CT molecular complexity index is 671. The molecule has 22 heavy (non-hydrogen) atoms. The molecule has 1 fully saturated rings. The first kappa shape index (κ1) is 15.1. The topological polar surface area (TPSA) is 59.2 Å². The van der Waals surface area contributed by atoms with Crippen LogP contribution in [-0.2, 0) is 0 Å². The van der Waals surface area contributed by atoms with Crippen LogP contribution in [0.3, 0.4) is 0 Å². The predicted octanol–water partition coefficient (Wildman–Crippen LogP) is 3.47. The minimum Gasteiger partial charge on any atom is -0.337 e. The van der Waals surface area contributed by atoms with Crippen molar-refractivity contribution in [1.29, 1.82) is 0 Å². The molecule has 1 saturated heterocycles. The maximum absolute atomic E-state index is 13.0. The van der Waals surface area contributed by atoms with Crippen molar-refractivity contribution in [1.82, 2.24) is 15.0 Å². The number of hydrogen-bond acceptors (Lipinski definition) is 5. The fraction of sp³-hybridized carbons (Fsp3) is 0.438. The largest absolute Gasteiger partial charge is 0.337 e. The summed E-state index contributed by atoms with van der Waals surface area (Å²) in [7, 11) is 0. The molecule has 1 aliphatic rings. The number of aromatic nitrogens is 2. The minimum atomic E-state index is -0.103. The molecule has 0 saturated carbocycles. The first-order valence-electron chi connectivity index (χ1n) is 7.53. The molecule has 6 heteroatoms. The lowest BCUT2D eigenvalue weighted by molar-refractivity contribution is 0.0706. The van der Waals surface area contributed by atoms with Gasteiger partial charge in [-0.1, -0.05) is 24.2 Å². The van der Waals surface area contributed by atoms with Crippen LogP contribution in [0.4, 0.5) is 0 Å². The monoisotopic (exact) mass is 317 g/mol. The average Bonchev–Trinajstić information content (AvgIpc) is 3.16. The smallest absolute Gasteiger partial charge is 0.255 e. The molecule has 5 nitrogen and oxygen atoms in total. The van der Waals surface area contributed by atoms with Crippen LogP contribution < -0.4 is 0 Å². The predicted molar refractivity (Wildman–Crippen MR) is 84.9 cm³/mol. The van der Waals surface area contributed by atoms with Gasteiger partial charge in [0, 0.05) is 11.4 Å².